The first-order valence-electron chi connectivity index (χ1n) is 8.37. The average molecular weight is 296 g/mol. The zero-order valence-corrected chi connectivity index (χ0v) is 12.8. The average Bonchev–Trinajstić information content (AvgIpc) is 2.62. The lowest BCUT2D eigenvalue weighted by Crippen LogP contribution is -2.18. The number of rotatable bonds is 0. The standard InChI is InChI=1S/C22H16O/c1-3-13-4-2-6-17-19-10-8-15-12-23-11-14-7-9-18(22(19)20(14)15)16(5-1)21(13)17/h1-5,7-10,15H,6,11-12H2. The number of fused-ring (bicyclic) bond motifs is 2. The highest BCUT2D eigenvalue weighted by Gasteiger charge is 2.28. The molecule has 1 nitrogen and oxygen atoms in total. The van der Waals surface area contributed by atoms with Crippen LogP contribution in [-0.2, 0) is 17.8 Å². The van der Waals surface area contributed by atoms with Gasteiger partial charge in [-0.3, -0.25) is 0 Å². The lowest BCUT2D eigenvalue weighted by Gasteiger charge is -2.31. The van der Waals surface area contributed by atoms with Crippen LogP contribution in [0.25, 0.3) is 33.7 Å². The van der Waals surface area contributed by atoms with Crippen molar-refractivity contribution < 1.29 is 4.74 Å². The van der Waals surface area contributed by atoms with Gasteiger partial charge in [0.05, 0.1) is 13.2 Å². The van der Waals surface area contributed by atoms with Gasteiger partial charge in [0.25, 0.3) is 0 Å². The SMILES string of the molecule is C1=Cc2cccc3c2c(c2c4c5c(ccc43)COCC5C=C2)C1. The number of ether oxygens (including phenoxy) is 1. The number of hydrogen-bond donors (Lipinski definition) is 0. The predicted octanol–water partition coefficient (Wildman–Crippen LogP) is 5.20. The maximum atomic E-state index is 5.79. The van der Waals surface area contributed by atoms with Crippen molar-refractivity contribution in [1.82, 2.24) is 0 Å². The maximum absolute atomic E-state index is 5.79. The van der Waals surface area contributed by atoms with E-state index in [2.05, 4.69) is 54.6 Å². The molecule has 2 aliphatic carbocycles. The Balaban J connectivity index is 1.92. The topological polar surface area (TPSA) is 9.23 Å². The molecule has 1 heteroatoms. The largest absolute Gasteiger partial charge is 0.376 e. The van der Waals surface area contributed by atoms with E-state index in [4.69, 9.17) is 4.74 Å². The maximum Gasteiger partial charge on any atom is 0.0720 e. The molecule has 1 atom stereocenters. The van der Waals surface area contributed by atoms with Gasteiger partial charge in [-0.1, -0.05) is 54.6 Å². The van der Waals surface area contributed by atoms with Crippen molar-refractivity contribution in [3.8, 4) is 0 Å². The summed E-state index contributed by atoms with van der Waals surface area (Å²) in [7, 11) is 0. The summed E-state index contributed by atoms with van der Waals surface area (Å²) in [5, 5.41) is 5.75. The van der Waals surface area contributed by atoms with E-state index < -0.39 is 0 Å². The summed E-state index contributed by atoms with van der Waals surface area (Å²) in [4.78, 5) is 0. The van der Waals surface area contributed by atoms with E-state index in [1.54, 1.807) is 0 Å². The fourth-order valence-corrected chi connectivity index (χ4v) is 4.73. The molecule has 0 N–H and O–H groups in total. The van der Waals surface area contributed by atoms with Crippen molar-refractivity contribution in [1.29, 1.82) is 0 Å². The highest BCUT2D eigenvalue weighted by Crippen LogP contribution is 2.46. The van der Waals surface area contributed by atoms with Crippen molar-refractivity contribution in [3.63, 3.8) is 0 Å². The van der Waals surface area contributed by atoms with Gasteiger partial charge < -0.3 is 4.74 Å². The quantitative estimate of drug-likeness (QED) is 0.518. The molecule has 0 fully saturated rings. The Bertz CT molecular complexity index is 1070. The number of allylic oxidation sites excluding steroid dienone is 1. The van der Waals surface area contributed by atoms with Crippen LogP contribution >= 0.6 is 0 Å². The Labute approximate surface area is 134 Å². The van der Waals surface area contributed by atoms with Crippen molar-refractivity contribution in [3.05, 3.63) is 70.3 Å². The minimum absolute atomic E-state index is 0.418. The van der Waals surface area contributed by atoms with Crippen LogP contribution in [0.2, 0.25) is 0 Å². The Morgan fingerprint density at radius 2 is 1.91 bits per heavy atom. The minimum atomic E-state index is 0.418. The Morgan fingerprint density at radius 3 is 2.91 bits per heavy atom. The van der Waals surface area contributed by atoms with Gasteiger partial charge in [0.2, 0.25) is 0 Å². The van der Waals surface area contributed by atoms with E-state index in [9.17, 15) is 0 Å². The van der Waals surface area contributed by atoms with Crippen LogP contribution in [0.15, 0.2) is 42.5 Å². The molecule has 0 saturated heterocycles. The molecular weight excluding hydrogens is 280 g/mol. The molecule has 0 saturated carbocycles. The van der Waals surface area contributed by atoms with E-state index in [-0.39, 0.29) is 0 Å². The molecule has 110 valence electrons. The molecule has 0 aromatic heterocycles. The molecule has 3 aromatic rings. The molecule has 1 unspecified atom stereocenters. The van der Waals surface area contributed by atoms with Crippen LogP contribution in [0.3, 0.4) is 0 Å². The normalized spacial score (nSPS) is 20.4. The van der Waals surface area contributed by atoms with Crippen LogP contribution in [0.4, 0.5) is 0 Å². The lowest BCUT2D eigenvalue weighted by atomic mass is 9.77. The molecule has 3 aliphatic rings. The third-order valence-electron chi connectivity index (χ3n) is 5.66. The molecular formula is C22H16O. The molecule has 0 radical (unpaired) electrons. The Kier molecular flexibility index (Phi) is 2.17. The van der Waals surface area contributed by atoms with Crippen molar-refractivity contribution >= 4 is 33.7 Å². The van der Waals surface area contributed by atoms with E-state index >= 15 is 0 Å². The van der Waals surface area contributed by atoms with Crippen molar-refractivity contribution in [2.75, 3.05) is 6.61 Å². The number of hydrogen-bond acceptors (Lipinski definition) is 1. The van der Waals surface area contributed by atoms with E-state index in [1.807, 2.05) is 0 Å². The van der Waals surface area contributed by atoms with E-state index in [0.717, 1.165) is 19.6 Å². The van der Waals surface area contributed by atoms with Gasteiger partial charge in [0.15, 0.2) is 0 Å². The zero-order valence-electron chi connectivity index (χ0n) is 12.8. The van der Waals surface area contributed by atoms with Gasteiger partial charge in [-0.2, -0.15) is 0 Å². The molecule has 0 amide bonds. The summed E-state index contributed by atoms with van der Waals surface area (Å²) < 4.78 is 5.79. The highest BCUT2D eigenvalue weighted by molar-refractivity contribution is 6.17. The zero-order chi connectivity index (χ0) is 15.0. The molecule has 1 heterocycles. The monoisotopic (exact) mass is 296 g/mol. The van der Waals surface area contributed by atoms with Crippen molar-refractivity contribution in [2.45, 2.75) is 18.9 Å². The molecule has 0 bridgehead atoms. The van der Waals surface area contributed by atoms with Crippen molar-refractivity contribution in [2.24, 2.45) is 0 Å². The van der Waals surface area contributed by atoms with E-state index in [0.29, 0.717) is 5.92 Å². The second kappa shape index (κ2) is 4.12. The first-order chi connectivity index (χ1) is 11.4. The van der Waals surface area contributed by atoms with Crippen LogP contribution in [0.5, 0.6) is 0 Å². The second-order valence-electron chi connectivity index (χ2n) is 6.81. The fraction of sp³-hybridized carbons (Fsp3) is 0.182. The lowest BCUT2D eigenvalue weighted by molar-refractivity contribution is 0.101. The van der Waals surface area contributed by atoms with Gasteiger partial charge in [0, 0.05) is 5.92 Å². The second-order valence-corrected chi connectivity index (χ2v) is 6.81. The Morgan fingerprint density at radius 1 is 0.957 bits per heavy atom. The fourth-order valence-electron chi connectivity index (χ4n) is 4.73. The summed E-state index contributed by atoms with van der Waals surface area (Å²) in [6, 6.07) is 11.3. The number of benzene rings is 3. The van der Waals surface area contributed by atoms with Gasteiger partial charge >= 0.3 is 0 Å². The summed E-state index contributed by atoms with van der Waals surface area (Å²) in [6.07, 6.45) is 10.3. The molecule has 3 aromatic carbocycles. The van der Waals surface area contributed by atoms with Crippen LogP contribution in [0.1, 0.15) is 33.7 Å². The third-order valence-corrected chi connectivity index (χ3v) is 5.66. The third kappa shape index (κ3) is 1.41. The first-order valence-corrected chi connectivity index (χ1v) is 8.37. The van der Waals surface area contributed by atoms with Gasteiger partial charge in [-0.25, -0.2) is 0 Å². The highest BCUT2D eigenvalue weighted by atomic mass is 16.5. The summed E-state index contributed by atoms with van der Waals surface area (Å²) in [5.41, 5.74) is 7.19. The smallest absolute Gasteiger partial charge is 0.0720 e. The predicted molar refractivity (Wildman–Crippen MR) is 95.6 cm³/mol. The van der Waals surface area contributed by atoms with Crippen LogP contribution in [-0.4, -0.2) is 6.61 Å². The first kappa shape index (κ1) is 12.1. The summed E-state index contributed by atoms with van der Waals surface area (Å²) in [6.45, 7) is 1.57. The molecule has 6 rings (SSSR count). The minimum Gasteiger partial charge on any atom is -0.376 e. The van der Waals surface area contributed by atoms with Crippen LogP contribution in [0, 0.1) is 0 Å². The summed E-state index contributed by atoms with van der Waals surface area (Å²) in [5.74, 6) is 0.418. The summed E-state index contributed by atoms with van der Waals surface area (Å²) >= 11 is 0. The Hall–Kier alpha value is -2.38. The van der Waals surface area contributed by atoms with Gasteiger partial charge in [0.1, 0.15) is 0 Å². The molecule has 23 heavy (non-hydrogen) atoms. The van der Waals surface area contributed by atoms with Gasteiger partial charge in [-0.15, -0.1) is 0 Å². The van der Waals surface area contributed by atoms with Crippen LogP contribution < -0.4 is 0 Å². The molecule has 1 aliphatic heterocycles. The molecule has 0 spiro atoms. The van der Waals surface area contributed by atoms with Gasteiger partial charge in [-0.05, 0) is 55.8 Å². The van der Waals surface area contributed by atoms with E-state index in [1.165, 1.54) is 49.4 Å².